The van der Waals surface area contributed by atoms with Crippen LogP contribution in [0.5, 0.6) is 0 Å². The first-order valence-corrected chi connectivity index (χ1v) is 5.07. The fourth-order valence-corrected chi connectivity index (χ4v) is 1.95. The molecule has 1 heterocycles. The minimum atomic E-state index is 1.02. The summed E-state index contributed by atoms with van der Waals surface area (Å²) in [6, 6.07) is 0. The van der Waals surface area contributed by atoms with E-state index in [0.717, 1.165) is 17.8 Å². The molecule has 0 bridgehead atoms. The van der Waals surface area contributed by atoms with Crippen LogP contribution < -0.4 is 5.32 Å². The maximum atomic E-state index is 3.33. The van der Waals surface area contributed by atoms with Crippen LogP contribution in [-0.2, 0) is 0 Å². The lowest BCUT2D eigenvalue weighted by atomic mass is 9.91. The minimum absolute atomic E-state index is 1.02. The molecular formula is C10H19N. The number of hydrogen-bond donors (Lipinski definition) is 1. The third kappa shape index (κ3) is 1.96. The zero-order valence-corrected chi connectivity index (χ0v) is 7.47. The summed E-state index contributed by atoms with van der Waals surface area (Å²) in [6.45, 7) is 5.01. The highest BCUT2D eigenvalue weighted by atomic mass is 14.9. The van der Waals surface area contributed by atoms with E-state index >= 15 is 0 Å². The Bertz CT molecular complexity index is 125. The van der Waals surface area contributed by atoms with E-state index in [0.29, 0.717) is 0 Å². The summed E-state index contributed by atoms with van der Waals surface area (Å²) in [5.74, 6) is 3.16. The summed E-state index contributed by atoms with van der Waals surface area (Å²) in [5, 5.41) is 3.33. The number of nitrogens with one attached hydrogen (secondary N) is 1. The first kappa shape index (κ1) is 7.60. The van der Waals surface area contributed by atoms with E-state index < -0.39 is 0 Å². The topological polar surface area (TPSA) is 12.0 Å². The van der Waals surface area contributed by atoms with Gasteiger partial charge < -0.3 is 5.32 Å². The summed E-state index contributed by atoms with van der Waals surface area (Å²) in [5.41, 5.74) is 0. The van der Waals surface area contributed by atoms with E-state index in [1.165, 1.54) is 38.8 Å². The fraction of sp³-hybridized carbons (Fsp3) is 1.00. The lowest BCUT2D eigenvalue weighted by Gasteiger charge is -2.28. The van der Waals surface area contributed by atoms with Gasteiger partial charge in [-0.05, 0) is 50.1 Å². The largest absolute Gasteiger partial charge is 0.316 e. The van der Waals surface area contributed by atoms with Gasteiger partial charge in [-0.15, -0.1) is 0 Å². The molecule has 0 spiro atoms. The van der Waals surface area contributed by atoms with Gasteiger partial charge in [-0.2, -0.15) is 0 Å². The van der Waals surface area contributed by atoms with Crippen molar-refractivity contribution in [2.75, 3.05) is 13.1 Å². The zero-order chi connectivity index (χ0) is 7.68. The molecule has 0 aromatic carbocycles. The van der Waals surface area contributed by atoms with Crippen molar-refractivity contribution in [1.29, 1.82) is 0 Å². The molecule has 1 N–H and O–H groups in total. The molecule has 11 heavy (non-hydrogen) atoms. The molecule has 1 heteroatoms. The van der Waals surface area contributed by atoms with Gasteiger partial charge in [0.15, 0.2) is 0 Å². The van der Waals surface area contributed by atoms with Crippen LogP contribution in [0.15, 0.2) is 0 Å². The highest BCUT2D eigenvalue weighted by molar-refractivity contribution is 4.81. The SMILES string of the molecule is CC(CCC1CNC1)C1CC1. The first-order chi connectivity index (χ1) is 5.36. The van der Waals surface area contributed by atoms with Crippen molar-refractivity contribution in [3.63, 3.8) is 0 Å². The van der Waals surface area contributed by atoms with E-state index in [9.17, 15) is 0 Å². The van der Waals surface area contributed by atoms with Crippen molar-refractivity contribution in [1.82, 2.24) is 5.32 Å². The molecule has 0 aromatic heterocycles. The first-order valence-electron chi connectivity index (χ1n) is 5.07. The lowest BCUT2D eigenvalue weighted by Crippen LogP contribution is -2.41. The molecule has 0 aromatic rings. The standard InChI is InChI=1S/C10H19N/c1-8(10-4-5-10)2-3-9-6-11-7-9/h8-11H,2-7H2,1H3. The average Bonchev–Trinajstić information content (AvgIpc) is 2.64. The molecule has 64 valence electrons. The Kier molecular flexibility index (Phi) is 2.17. The Labute approximate surface area is 69.6 Å². The van der Waals surface area contributed by atoms with Crippen LogP contribution in [0.25, 0.3) is 0 Å². The van der Waals surface area contributed by atoms with Crippen LogP contribution in [0.3, 0.4) is 0 Å². The van der Waals surface area contributed by atoms with Gasteiger partial charge in [0.05, 0.1) is 0 Å². The van der Waals surface area contributed by atoms with Crippen molar-refractivity contribution in [2.24, 2.45) is 17.8 Å². The third-order valence-corrected chi connectivity index (χ3v) is 3.32. The number of rotatable bonds is 4. The molecule has 1 aliphatic carbocycles. The van der Waals surface area contributed by atoms with E-state index in [1.807, 2.05) is 0 Å². The molecule has 0 amide bonds. The Morgan fingerprint density at radius 2 is 2.09 bits per heavy atom. The van der Waals surface area contributed by atoms with Gasteiger partial charge in [0, 0.05) is 0 Å². The van der Waals surface area contributed by atoms with Crippen LogP contribution in [0.1, 0.15) is 32.6 Å². The Hall–Kier alpha value is -0.0400. The zero-order valence-electron chi connectivity index (χ0n) is 7.47. The van der Waals surface area contributed by atoms with Gasteiger partial charge in [-0.3, -0.25) is 0 Å². The third-order valence-electron chi connectivity index (χ3n) is 3.32. The predicted molar refractivity (Wildman–Crippen MR) is 47.5 cm³/mol. The van der Waals surface area contributed by atoms with Crippen molar-refractivity contribution in [2.45, 2.75) is 32.6 Å². The smallest absolute Gasteiger partial charge is 0.000825 e. The van der Waals surface area contributed by atoms with Crippen LogP contribution in [0.4, 0.5) is 0 Å². The number of hydrogen-bond acceptors (Lipinski definition) is 1. The fourth-order valence-electron chi connectivity index (χ4n) is 1.95. The second-order valence-corrected chi connectivity index (χ2v) is 4.42. The molecule has 1 saturated heterocycles. The van der Waals surface area contributed by atoms with Gasteiger partial charge in [-0.25, -0.2) is 0 Å². The summed E-state index contributed by atoms with van der Waals surface area (Å²) in [6.07, 6.45) is 6.00. The summed E-state index contributed by atoms with van der Waals surface area (Å²) in [4.78, 5) is 0. The molecular weight excluding hydrogens is 134 g/mol. The Morgan fingerprint density at radius 1 is 1.36 bits per heavy atom. The van der Waals surface area contributed by atoms with Crippen molar-refractivity contribution < 1.29 is 0 Å². The molecule has 2 fully saturated rings. The second kappa shape index (κ2) is 3.14. The molecule has 1 unspecified atom stereocenters. The van der Waals surface area contributed by atoms with E-state index in [-0.39, 0.29) is 0 Å². The van der Waals surface area contributed by atoms with Crippen LogP contribution >= 0.6 is 0 Å². The maximum absolute atomic E-state index is 3.33. The summed E-state index contributed by atoms with van der Waals surface area (Å²) >= 11 is 0. The van der Waals surface area contributed by atoms with Crippen LogP contribution in [0.2, 0.25) is 0 Å². The van der Waals surface area contributed by atoms with E-state index in [2.05, 4.69) is 12.2 Å². The molecule has 2 aliphatic rings. The molecule has 1 aliphatic heterocycles. The highest BCUT2D eigenvalue weighted by Gasteiger charge is 2.28. The molecule has 1 saturated carbocycles. The Morgan fingerprint density at radius 3 is 2.55 bits per heavy atom. The van der Waals surface area contributed by atoms with Crippen LogP contribution in [-0.4, -0.2) is 13.1 Å². The van der Waals surface area contributed by atoms with Crippen LogP contribution in [0, 0.1) is 17.8 Å². The summed E-state index contributed by atoms with van der Waals surface area (Å²) < 4.78 is 0. The van der Waals surface area contributed by atoms with Crippen molar-refractivity contribution in [3.8, 4) is 0 Å². The molecule has 0 radical (unpaired) electrons. The highest BCUT2D eigenvalue weighted by Crippen LogP contribution is 2.39. The minimum Gasteiger partial charge on any atom is -0.316 e. The van der Waals surface area contributed by atoms with E-state index in [4.69, 9.17) is 0 Å². The lowest BCUT2D eigenvalue weighted by molar-refractivity contribution is 0.293. The average molecular weight is 153 g/mol. The molecule has 1 atom stereocenters. The van der Waals surface area contributed by atoms with Crippen molar-refractivity contribution >= 4 is 0 Å². The van der Waals surface area contributed by atoms with Gasteiger partial charge in [0.25, 0.3) is 0 Å². The monoisotopic (exact) mass is 153 g/mol. The van der Waals surface area contributed by atoms with Crippen molar-refractivity contribution in [3.05, 3.63) is 0 Å². The van der Waals surface area contributed by atoms with E-state index in [1.54, 1.807) is 0 Å². The normalized spacial score (nSPS) is 28.1. The molecule has 2 rings (SSSR count). The quantitative estimate of drug-likeness (QED) is 0.651. The molecule has 1 nitrogen and oxygen atoms in total. The second-order valence-electron chi connectivity index (χ2n) is 4.42. The van der Waals surface area contributed by atoms with Gasteiger partial charge in [-0.1, -0.05) is 13.3 Å². The summed E-state index contributed by atoms with van der Waals surface area (Å²) in [7, 11) is 0. The van der Waals surface area contributed by atoms with Gasteiger partial charge in [0.2, 0.25) is 0 Å². The maximum Gasteiger partial charge on any atom is -0.000825 e. The van der Waals surface area contributed by atoms with Gasteiger partial charge >= 0.3 is 0 Å². The van der Waals surface area contributed by atoms with Gasteiger partial charge in [0.1, 0.15) is 0 Å². The predicted octanol–water partition coefficient (Wildman–Crippen LogP) is 2.03. The Balaban J connectivity index is 1.57.